The molecule has 0 saturated carbocycles. The molecule has 1 aliphatic rings. The summed E-state index contributed by atoms with van der Waals surface area (Å²) in [6.07, 6.45) is 0.615. The van der Waals surface area contributed by atoms with Crippen LogP contribution in [-0.4, -0.2) is 22.0 Å². The number of thioether (sulfide) groups is 2. The third-order valence-corrected chi connectivity index (χ3v) is 5.13. The lowest BCUT2D eigenvalue weighted by molar-refractivity contribution is -0.115. The Bertz CT molecular complexity index is 323. The second kappa shape index (κ2) is 5.47. The first-order valence-electron chi connectivity index (χ1n) is 4.93. The smallest absolute Gasteiger partial charge is 0.226 e. The Labute approximate surface area is 98.2 Å². The normalized spacial score (nSPS) is 16.5. The minimum absolute atomic E-state index is 0.119. The van der Waals surface area contributed by atoms with Crippen LogP contribution in [0.15, 0.2) is 30.3 Å². The molecular formula is C11H13NOS2. The lowest BCUT2D eigenvalue weighted by atomic mass is 10.3. The molecule has 1 aliphatic heterocycles. The van der Waals surface area contributed by atoms with Gasteiger partial charge in [0.15, 0.2) is 0 Å². The Morgan fingerprint density at radius 2 is 1.93 bits per heavy atom. The number of rotatable bonds is 3. The maximum Gasteiger partial charge on any atom is 0.226 e. The van der Waals surface area contributed by atoms with Crippen molar-refractivity contribution < 1.29 is 4.79 Å². The molecule has 15 heavy (non-hydrogen) atoms. The second-order valence-electron chi connectivity index (χ2n) is 3.29. The van der Waals surface area contributed by atoms with Gasteiger partial charge in [-0.25, -0.2) is 0 Å². The fourth-order valence-corrected chi connectivity index (χ4v) is 4.21. The van der Waals surface area contributed by atoms with E-state index in [0.29, 0.717) is 11.0 Å². The predicted molar refractivity (Wildman–Crippen MR) is 68.4 cm³/mol. The SMILES string of the molecule is O=C(CC1SCCS1)Nc1ccccc1. The zero-order valence-corrected chi connectivity index (χ0v) is 9.94. The van der Waals surface area contributed by atoms with Crippen LogP contribution in [0.2, 0.25) is 0 Å². The van der Waals surface area contributed by atoms with Crippen molar-refractivity contribution in [2.24, 2.45) is 0 Å². The van der Waals surface area contributed by atoms with E-state index in [9.17, 15) is 4.79 Å². The number of carbonyl (C=O) groups excluding carboxylic acids is 1. The Kier molecular flexibility index (Phi) is 3.97. The molecule has 0 unspecified atom stereocenters. The monoisotopic (exact) mass is 239 g/mol. The molecule has 0 bridgehead atoms. The third kappa shape index (κ3) is 3.47. The highest BCUT2D eigenvalue weighted by molar-refractivity contribution is 8.20. The topological polar surface area (TPSA) is 29.1 Å². The Morgan fingerprint density at radius 1 is 1.27 bits per heavy atom. The van der Waals surface area contributed by atoms with Crippen LogP contribution in [0.1, 0.15) is 6.42 Å². The summed E-state index contributed by atoms with van der Waals surface area (Å²) in [4.78, 5) is 11.6. The predicted octanol–water partition coefficient (Wildman–Crippen LogP) is 2.82. The summed E-state index contributed by atoms with van der Waals surface area (Å²) in [5, 5.41) is 2.90. The van der Waals surface area contributed by atoms with E-state index in [0.717, 1.165) is 5.69 Å². The first-order chi connectivity index (χ1) is 7.34. The fourth-order valence-electron chi connectivity index (χ4n) is 1.41. The van der Waals surface area contributed by atoms with Crippen molar-refractivity contribution in [1.82, 2.24) is 0 Å². The van der Waals surface area contributed by atoms with Gasteiger partial charge in [0.1, 0.15) is 0 Å². The second-order valence-corrected chi connectivity index (χ2v) is 6.21. The Hall–Kier alpha value is -0.610. The number of hydrogen-bond acceptors (Lipinski definition) is 3. The molecule has 2 nitrogen and oxygen atoms in total. The van der Waals surface area contributed by atoms with Gasteiger partial charge in [0, 0.05) is 23.6 Å². The summed E-state index contributed by atoms with van der Waals surface area (Å²) in [5.41, 5.74) is 0.885. The molecule has 4 heteroatoms. The van der Waals surface area contributed by atoms with Gasteiger partial charge in [0.05, 0.1) is 4.58 Å². The number of amides is 1. The highest BCUT2D eigenvalue weighted by Crippen LogP contribution is 2.34. The van der Waals surface area contributed by atoms with E-state index < -0.39 is 0 Å². The van der Waals surface area contributed by atoms with E-state index in [1.165, 1.54) is 11.5 Å². The van der Waals surface area contributed by atoms with Crippen molar-refractivity contribution in [1.29, 1.82) is 0 Å². The highest BCUT2D eigenvalue weighted by Gasteiger charge is 2.19. The summed E-state index contributed by atoms with van der Waals surface area (Å²) in [6, 6.07) is 9.61. The molecule has 1 aromatic rings. The van der Waals surface area contributed by atoms with Crippen LogP contribution in [0.3, 0.4) is 0 Å². The summed E-state index contributed by atoms with van der Waals surface area (Å²) < 4.78 is 0.453. The zero-order valence-electron chi connectivity index (χ0n) is 8.31. The van der Waals surface area contributed by atoms with E-state index in [-0.39, 0.29) is 5.91 Å². The third-order valence-electron chi connectivity index (χ3n) is 2.10. The number of carbonyl (C=O) groups is 1. The van der Waals surface area contributed by atoms with Gasteiger partial charge in [0.2, 0.25) is 5.91 Å². The average Bonchev–Trinajstić information content (AvgIpc) is 2.71. The van der Waals surface area contributed by atoms with Crippen molar-refractivity contribution in [3.05, 3.63) is 30.3 Å². The van der Waals surface area contributed by atoms with Crippen molar-refractivity contribution in [3.8, 4) is 0 Å². The summed E-state index contributed by atoms with van der Waals surface area (Å²) >= 11 is 3.77. The Morgan fingerprint density at radius 3 is 2.60 bits per heavy atom. The first kappa shape index (κ1) is 10.9. The molecule has 1 aromatic carbocycles. The van der Waals surface area contributed by atoms with Crippen molar-refractivity contribution >= 4 is 35.1 Å². The molecule has 1 N–H and O–H groups in total. The van der Waals surface area contributed by atoms with Gasteiger partial charge >= 0.3 is 0 Å². The van der Waals surface area contributed by atoms with Crippen molar-refractivity contribution in [3.63, 3.8) is 0 Å². The van der Waals surface area contributed by atoms with Crippen LogP contribution in [0.25, 0.3) is 0 Å². The summed E-state index contributed by atoms with van der Waals surface area (Å²) in [5.74, 6) is 2.47. The minimum Gasteiger partial charge on any atom is -0.326 e. The van der Waals surface area contributed by atoms with Gasteiger partial charge in [-0.15, -0.1) is 23.5 Å². The van der Waals surface area contributed by atoms with Gasteiger partial charge < -0.3 is 5.32 Å². The fraction of sp³-hybridized carbons (Fsp3) is 0.364. The largest absolute Gasteiger partial charge is 0.326 e. The molecule has 1 saturated heterocycles. The molecule has 0 aromatic heterocycles. The molecule has 1 fully saturated rings. The van der Waals surface area contributed by atoms with Crippen molar-refractivity contribution in [2.75, 3.05) is 16.8 Å². The number of benzene rings is 1. The van der Waals surface area contributed by atoms with Crippen LogP contribution in [0.4, 0.5) is 5.69 Å². The molecule has 1 heterocycles. The van der Waals surface area contributed by atoms with Crippen LogP contribution >= 0.6 is 23.5 Å². The number of hydrogen-bond donors (Lipinski definition) is 1. The lowest BCUT2D eigenvalue weighted by Gasteiger charge is -2.08. The number of para-hydroxylation sites is 1. The zero-order chi connectivity index (χ0) is 10.5. The van der Waals surface area contributed by atoms with Crippen LogP contribution in [0, 0.1) is 0 Å². The molecule has 0 aliphatic carbocycles. The molecule has 80 valence electrons. The summed E-state index contributed by atoms with van der Waals surface area (Å²) in [6.45, 7) is 0. The van der Waals surface area contributed by atoms with Gasteiger partial charge in [-0.1, -0.05) is 18.2 Å². The average molecular weight is 239 g/mol. The summed E-state index contributed by atoms with van der Waals surface area (Å²) in [7, 11) is 0. The van der Waals surface area contributed by atoms with Crippen LogP contribution in [-0.2, 0) is 4.79 Å². The van der Waals surface area contributed by atoms with Gasteiger partial charge in [-0.2, -0.15) is 0 Å². The molecule has 0 radical (unpaired) electrons. The standard InChI is InChI=1S/C11H13NOS2/c13-10(8-11-14-6-7-15-11)12-9-4-2-1-3-5-9/h1-5,11H,6-8H2,(H,12,13). The lowest BCUT2D eigenvalue weighted by Crippen LogP contribution is -2.15. The highest BCUT2D eigenvalue weighted by atomic mass is 32.2. The van der Waals surface area contributed by atoms with Gasteiger partial charge in [0.25, 0.3) is 0 Å². The molecule has 0 spiro atoms. The molecule has 0 atom stereocenters. The van der Waals surface area contributed by atoms with Gasteiger partial charge in [-0.3, -0.25) is 4.79 Å². The Balaban J connectivity index is 1.82. The quantitative estimate of drug-likeness (QED) is 0.879. The van der Waals surface area contributed by atoms with E-state index >= 15 is 0 Å². The van der Waals surface area contributed by atoms with Crippen LogP contribution in [0.5, 0.6) is 0 Å². The van der Waals surface area contributed by atoms with E-state index in [2.05, 4.69) is 5.32 Å². The molecule has 1 amide bonds. The maximum atomic E-state index is 11.6. The number of nitrogens with one attached hydrogen (secondary N) is 1. The van der Waals surface area contributed by atoms with Crippen molar-refractivity contribution in [2.45, 2.75) is 11.0 Å². The van der Waals surface area contributed by atoms with Gasteiger partial charge in [-0.05, 0) is 12.1 Å². The van der Waals surface area contributed by atoms with Crippen LogP contribution < -0.4 is 5.32 Å². The molecule has 2 rings (SSSR count). The minimum atomic E-state index is 0.119. The number of anilines is 1. The first-order valence-corrected chi connectivity index (χ1v) is 7.02. The molecular weight excluding hydrogens is 226 g/mol. The van der Waals surface area contributed by atoms with E-state index in [4.69, 9.17) is 0 Å². The van der Waals surface area contributed by atoms with E-state index in [1.54, 1.807) is 0 Å². The van der Waals surface area contributed by atoms with E-state index in [1.807, 2.05) is 53.9 Å². The maximum absolute atomic E-state index is 11.6.